The fourth-order valence-corrected chi connectivity index (χ4v) is 2.59. The van der Waals surface area contributed by atoms with E-state index in [1.165, 1.54) is 12.1 Å². The third kappa shape index (κ3) is 5.58. The molecule has 3 atom stereocenters. The molecule has 20 heavy (non-hydrogen) atoms. The number of sulfone groups is 1. The molecule has 3 N–H and O–H groups in total. The molecule has 5 nitrogen and oxygen atoms in total. The molecule has 0 fully saturated rings. The normalized spacial score (nSPS) is 16.6. The molecule has 0 aliphatic heterocycles. The SMILES string of the molecule is CC(O)CC(C)NCC(O)c1ccc(S(C)(=O)=O)cc1. The maximum absolute atomic E-state index is 11.3. The summed E-state index contributed by atoms with van der Waals surface area (Å²) in [7, 11) is -3.21. The van der Waals surface area contributed by atoms with E-state index in [0.29, 0.717) is 18.5 Å². The van der Waals surface area contributed by atoms with E-state index < -0.39 is 15.9 Å². The Morgan fingerprint density at radius 2 is 1.70 bits per heavy atom. The number of benzene rings is 1. The van der Waals surface area contributed by atoms with E-state index in [9.17, 15) is 18.6 Å². The van der Waals surface area contributed by atoms with Crippen LogP contribution in [0.4, 0.5) is 0 Å². The number of nitrogens with one attached hydrogen (secondary N) is 1. The van der Waals surface area contributed by atoms with Gasteiger partial charge >= 0.3 is 0 Å². The molecule has 0 aromatic heterocycles. The molecule has 0 aliphatic carbocycles. The summed E-state index contributed by atoms with van der Waals surface area (Å²) in [6.07, 6.45) is 0.668. The highest BCUT2D eigenvalue weighted by Crippen LogP contribution is 2.16. The van der Waals surface area contributed by atoms with Crippen LogP contribution in [0, 0.1) is 0 Å². The van der Waals surface area contributed by atoms with Gasteiger partial charge in [0.25, 0.3) is 0 Å². The minimum absolute atomic E-state index is 0.0972. The van der Waals surface area contributed by atoms with Gasteiger partial charge in [-0.15, -0.1) is 0 Å². The van der Waals surface area contributed by atoms with Gasteiger partial charge in [-0.05, 0) is 38.0 Å². The van der Waals surface area contributed by atoms with Gasteiger partial charge in [0.05, 0.1) is 17.1 Å². The average molecular weight is 301 g/mol. The first-order valence-corrected chi connectivity index (χ1v) is 8.49. The number of aliphatic hydroxyl groups is 2. The van der Waals surface area contributed by atoms with Crippen LogP contribution in [0.5, 0.6) is 0 Å². The van der Waals surface area contributed by atoms with Crippen molar-refractivity contribution in [1.29, 1.82) is 0 Å². The topological polar surface area (TPSA) is 86.6 Å². The Morgan fingerprint density at radius 1 is 1.15 bits per heavy atom. The standard InChI is InChI=1S/C14H23NO4S/c1-10(8-11(2)16)15-9-14(17)12-4-6-13(7-5-12)20(3,18)19/h4-7,10-11,14-17H,8-9H2,1-3H3. The number of rotatable bonds is 7. The summed E-state index contributed by atoms with van der Waals surface area (Å²) in [5.41, 5.74) is 0.661. The molecule has 0 radical (unpaired) electrons. The summed E-state index contributed by atoms with van der Waals surface area (Å²) in [6.45, 7) is 4.01. The van der Waals surface area contributed by atoms with Gasteiger partial charge in [0, 0.05) is 18.8 Å². The van der Waals surface area contributed by atoms with Crippen LogP contribution < -0.4 is 5.32 Å². The average Bonchev–Trinajstić information content (AvgIpc) is 2.34. The van der Waals surface area contributed by atoms with Crippen LogP contribution in [0.25, 0.3) is 0 Å². The Bertz CT molecular complexity index is 510. The van der Waals surface area contributed by atoms with Gasteiger partial charge in [0.2, 0.25) is 0 Å². The molecule has 114 valence electrons. The molecular weight excluding hydrogens is 278 g/mol. The first-order valence-electron chi connectivity index (χ1n) is 6.59. The molecule has 0 heterocycles. The van der Waals surface area contributed by atoms with Crippen molar-refractivity contribution < 1.29 is 18.6 Å². The molecule has 0 saturated heterocycles. The Hall–Kier alpha value is -0.950. The molecule has 0 saturated carbocycles. The Balaban J connectivity index is 2.58. The van der Waals surface area contributed by atoms with E-state index >= 15 is 0 Å². The fourth-order valence-electron chi connectivity index (χ4n) is 1.96. The highest BCUT2D eigenvalue weighted by atomic mass is 32.2. The van der Waals surface area contributed by atoms with Crippen LogP contribution in [0.1, 0.15) is 31.9 Å². The number of hydrogen-bond donors (Lipinski definition) is 3. The van der Waals surface area contributed by atoms with E-state index in [-0.39, 0.29) is 17.0 Å². The van der Waals surface area contributed by atoms with E-state index in [1.807, 2.05) is 6.92 Å². The van der Waals surface area contributed by atoms with Crippen LogP contribution in [0.15, 0.2) is 29.2 Å². The van der Waals surface area contributed by atoms with Crippen molar-refractivity contribution in [3.8, 4) is 0 Å². The lowest BCUT2D eigenvalue weighted by Gasteiger charge is -2.18. The van der Waals surface area contributed by atoms with Crippen LogP contribution >= 0.6 is 0 Å². The monoisotopic (exact) mass is 301 g/mol. The first kappa shape index (κ1) is 17.1. The van der Waals surface area contributed by atoms with Crippen LogP contribution in [-0.4, -0.2) is 43.6 Å². The Morgan fingerprint density at radius 3 is 2.15 bits per heavy atom. The second-order valence-electron chi connectivity index (χ2n) is 5.25. The molecule has 0 spiro atoms. The molecular formula is C14H23NO4S. The summed E-state index contributed by atoms with van der Waals surface area (Å²) < 4.78 is 22.7. The fraction of sp³-hybridized carbons (Fsp3) is 0.571. The van der Waals surface area contributed by atoms with Crippen molar-refractivity contribution in [2.45, 2.75) is 43.4 Å². The minimum atomic E-state index is -3.21. The summed E-state index contributed by atoms with van der Waals surface area (Å²) in [5, 5.41) is 22.4. The summed E-state index contributed by atoms with van der Waals surface area (Å²) in [5.74, 6) is 0. The van der Waals surface area contributed by atoms with E-state index in [4.69, 9.17) is 0 Å². The zero-order valence-corrected chi connectivity index (χ0v) is 12.9. The summed E-state index contributed by atoms with van der Waals surface area (Å²) in [4.78, 5) is 0.240. The molecule has 0 aliphatic rings. The second-order valence-corrected chi connectivity index (χ2v) is 7.27. The predicted molar refractivity (Wildman–Crippen MR) is 78.3 cm³/mol. The van der Waals surface area contributed by atoms with Crippen molar-refractivity contribution in [3.63, 3.8) is 0 Å². The quantitative estimate of drug-likeness (QED) is 0.696. The van der Waals surface area contributed by atoms with Crippen molar-refractivity contribution in [2.75, 3.05) is 12.8 Å². The lowest BCUT2D eigenvalue weighted by Crippen LogP contribution is -2.32. The third-order valence-electron chi connectivity index (χ3n) is 3.05. The second kappa shape index (κ2) is 7.17. The van der Waals surface area contributed by atoms with Crippen LogP contribution in [-0.2, 0) is 9.84 Å². The van der Waals surface area contributed by atoms with Gasteiger partial charge in [-0.1, -0.05) is 12.1 Å². The summed E-state index contributed by atoms with van der Waals surface area (Å²) >= 11 is 0. The van der Waals surface area contributed by atoms with Crippen LogP contribution in [0.3, 0.4) is 0 Å². The van der Waals surface area contributed by atoms with Gasteiger partial charge in [0.15, 0.2) is 9.84 Å². The molecule has 1 rings (SSSR count). The van der Waals surface area contributed by atoms with E-state index in [2.05, 4.69) is 5.32 Å². The van der Waals surface area contributed by atoms with Crippen molar-refractivity contribution in [1.82, 2.24) is 5.32 Å². The lowest BCUT2D eigenvalue weighted by atomic mass is 10.1. The smallest absolute Gasteiger partial charge is 0.175 e. The highest BCUT2D eigenvalue weighted by molar-refractivity contribution is 7.90. The lowest BCUT2D eigenvalue weighted by molar-refractivity contribution is 0.149. The van der Waals surface area contributed by atoms with Crippen molar-refractivity contribution >= 4 is 9.84 Å². The molecule has 1 aromatic rings. The van der Waals surface area contributed by atoms with Gasteiger partial charge in [0.1, 0.15) is 0 Å². The maximum Gasteiger partial charge on any atom is 0.175 e. The summed E-state index contributed by atoms with van der Waals surface area (Å²) in [6, 6.07) is 6.31. The van der Waals surface area contributed by atoms with Gasteiger partial charge in [-0.3, -0.25) is 0 Å². The minimum Gasteiger partial charge on any atom is -0.393 e. The van der Waals surface area contributed by atoms with Crippen molar-refractivity contribution in [2.24, 2.45) is 0 Å². The molecule has 3 unspecified atom stereocenters. The van der Waals surface area contributed by atoms with Gasteiger partial charge in [-0.25, -0.2) is 8.42 Å². The number of hydrogen-bond acceptors (Lipinski definition) is 5. The van der Waals surface area contributed by atoms with E-state index in [1.54, 1.807) is 19.1 Å². The first-order chi connectivity index (χ1) is 9.20. The molecule has 0 bridgehead atoms. The van der Waals surface area contributed by atoms with Gasteiger partial charge < -0.3 is 15.5 Å². The highest BCUT2D eigenvalue weighted by Gasteiger charge is 2.12. The largest absolute Gasteiger partial charge is 0.393 e. The molecule has 6 heteroatoms. The Labute approximate surface area is 120 Å². The zero-order valence-electron chi connectivity index (χ0n) is 12.1. The van der Waals surface area contributed by atoms with Crippen molar-refractivity contribution in [3.05, 3.63) is 29.8 Å². The number of aliphatic hydroxyl groups excluding tert-OH is 2. The zero-order chi connectivity index (χ0) is 15.3. The third-order valence-corrected chi connectivity index (χ3v) is 4.18. The van der Waals surface area contributed by atoms with Gasteiger partial charge in [-0.2, -0.15) is 0 Å². The van der Waals surface area contributed by atoms with E-state index in [0.717, 1.165) is 6.26 Å². The Kier molecular flexibility index (Phi) is 6.13. The predicted octanol–water partition coefficient (Wildman–Crippen LogP) is 0.873. The maximum atomic E-state index is 11.3. The molecule has 0 amide bonds. The molecule has 1 aromatic carbocycles. The van der Waals surface area contributed by atoms with Crippen LogP contribution in [0.2, 0.25) is 0 Å².